The number of carbonyl (C=O) groups is 2. The van der Waals surface area contributed by atoms with E-state index in [0.717, 1.165) is 5.56 Å². The first-order valence-corrected chi connectivity index (χ1v) is 5.93. The summed E-state index contributed by atoms with van der Waals surface area (Å²) >= 11 is 0. The van der Waals surface area contributed by atoms with Crippen molar-refractivity contribution in [3.8, 4) is 0 Å². The van der Waals surface area contributed by atoms with Crippen LogP contribution in [0.5, 0.6) is 0 Å². The number of anilines is 1. The fraction of sp³-hybridized carbons (Fsp3) is 0.286. The molecule has 1 aromatic carbocycles. The van der Waals surface area contributed by atoms with Crippen molar-refractivity contribution in [2.75, 3.05) is 12.3 Å². The highest BCUT2D eigenvalue weighted by Crippen LogP contribution is 2.05. The number of carbonyl (C=O) groups excluding carboxylic acids is 2. The van der Waals surface area contributed by atoms with Gasteiger partial charge < -0.3 is 15.8 Å². The largest absolute Gasteiger partial charge is 0.462 e. The molecule has 1 rings (SSSR count). The topological polar surface area (TPSA) is 81.4 Å². The molecule has 102 valence electrons. The van der Waals surface area contributed by atoms with Crippen molar-refractivity contribution in [2.45, 2.75) is 19.9 Å². The summed E-state index contributed by atoms with van der Waals surface area (Å²) in [7, 11) is 0. The second-order valence-corrected chi connectivity index (χ2v) is 4.19. The first-order chi connectivity index (χ1) is 8.99. The van der Waals surface area contributed by atoms with Crippen LogP contribution in [0.3, 0.4) is 0 Å². The minimum absolute atomic E-state index is 0.0501. The summed E-state index contributed by atoms with van der Waals surface area (Å²) in [6.45, 7) is 5.46. The molecule has 0 radical (unpaired) electrons. The summed E-state index contributed by atoms with van der Waals surface area (Å²) in [5.74, 6) is -0.666. The van der Waals surface area contributed by atoms with E-state index in [1.54, 1.807) is 19.1 Å². The summed E-state index contributed by atoms with van der Waals surface area (Å²) in [5, 5.41) is 2.72. The van der Waals surface area contributed by atoms with Gasteiger partial charge in [0.1, 0.15) is 6.61 Å². The van der Waals surface area contributed by atoms with Crippen molar-refractivity contribution in [1.82, 2.24) is 5.32 Å². The second kappa shape index (κ2) is 7.20. The number of hydrogen-bond donors (Lipinski definition) is 2. The van der Waals surface area contributed by atoms with Gasteiger partial charge in [-0.25, -0.2) is 4.79 Å². The first kappa shape index (κ1) is 14.8. The molecule has 5 nitrogen and oxygen atoms in total. The van der Waals surface area contributed by atoms with E-state index in [-0.39, 0.29) is 18.9 Å². The Balaban J connectivity index is 2.25. The van der Waals surface area contributed by atoms with E-state index in [4.69, 9.17) is 10.5 Å². The van der Waals surface area contributed by atoms with Crippen molar-refractivity contribution in [2.24, 2.45) is 0 Å². The molecule has 0 saturated carbocycles. The predicted octanol–water partition coefficient (Wildman–Crippen LogP) is 1.39. The zero-order valence-electron chi connectivity index (χ0n) is 10.9. The third-order valence-corrected chi connectivity index (χ3v) is 2.35. The molecule has 0 aliphatic heterocycles. The summed E-state index contributed by atoms with van der Waals surface area (Å²) < 4.78 is 4.83. The number of amides is 1. The van der Waals surface area contributed by atoms with Gasteiger partial charge in [-0.2, -0.15) is 0 Å². The molecule has 0 bridgehead atoms. The minimum Gasteiger partial charge on any atom is -0.462 e. The smallest absolute Gasteiger partial charge is 0.333 e. The Hall–Kier alpha value is -2.30. The van der Waals surface area contributed by atoms with Crippen LogP contribution < -0.4 is 11.1 Å². The maximum atomic E-state index is 11.5. The molecule has 0 saturated heterocycles. The van der Waals surface area contributed by atoms with E-state index in [9.17, 15) is 9.59 Å². The number of ether oxygens (including phenoxy) is 1. The fourth-order valence-electron chi connectivity index (χ4n) is 1.35. The van der Waals surface area contributed by atoms with Gasteiger partial charge in [-0.3, -0.25) is 4.79 Å². The van der Waals surface area contributed by atoms with Gasteiger partial charge in [0.2, 0.25) is 5.91 Å². The van der Waals surface area contributed by atoms with Crippen molar-refractivity contribution >= 4 is 17.6 Å². The van der Waals surface area contributed by atoms with Gasteiger partial charge in [0, 0.05) is 17.8 Å². The Morgan fingerprint density at radius 3 is 2.79 bits per heavy atom. The van der Waals surface area contributed by atoms with Crippen LogP contribution in [0.2, 0.25) is 0 Å². The van der Waals surface area contributed by atoms with Crippen molar-refractivity contribution in [1.29, 1.82) is 0 Å². The number of esters is 1. The number of nitrogens with one attached hydrogen (secondary N) is 1. The Kier molecular flexibility index (Phi) is 5.60. The Labute approximate surface area is 112 Å². The highest BCUT2D eigenvalue weighted by Gasteiger charge is 2.06. The predicted molar refractivity (Wildman–Crippen MR) is 73.1 cm³/mol. The quantitative estimate of drug-likeness (QED) is 0.461. The summed E-state index contributed by atoms with van der Waals surface area (Å²) in [6, 6.07) is 7.27. The lowest BCUT2D eigenvalue weighted by Gasteiger charge is -2.07. The molecule has 0 heterocycles. The van der Waals surface area contributed by atoms with Gasteiger partial charge in [-0.15, -0.1) is 0 Å². The van der Waals surface area contributed by atoms with Gasteiger partial charge in [0.15, 0.2) is 0 Å². The molecule has 0 aromatic heterocycles. The molecular weight excluding hydrogens is 244 g/mol. The van der Waals surface area contributed by atoms with Crippen molar-refractivity contribution in [3.63, 3.8) is 0 Å². The van der Waals surface area contributed by atoms with Crippen LogP contribution in [0.15, 0.2) is 36.4 Å². The van der Waals surface area contributed by atoms with E-state index < -0.39 is 5.97 Å². The normalized spacial score (nSPS) is 9.74. The van der Waals surface area contributed by atoms with Gasteiger partial charge in [0.25, 0.3) is 0 Å². The third-order valence-electron chi connectivity index (χ3n) is 2.35. The highest BCUT2D eigenvalue weighted by molar-refractivity contribution is 5.87. The molecule has 0 spiro atoms. The molecule has 5 heteroatoms. The zero-order valence-corrected chi connectivity index (χ0v) is 10.9. The van der Waals surface area contributed by atoms with E-state index in [1.165, 1.54) is 0 Å². The Morgan fingerprint density at radius 1 is 1.42 bits per heavy atom. The molecule has 0 aliphatic carbocycles. The lowest BCUT2D eigenvalue weighted by atomic mass is 10.2. The van der Waals surface area contributed by atoms with Gasteiger partial charge in [-0.1, -0.05) is 18.7 Å². The fourth-order valence-corrected chi connectivity index (χ4v) is 1.35. The van der Waals surface area contributed by atoms with Crippen LogP contribution in [0.25, 0.3) is 0 Å². The van der Waals surface area contributed by atoms with Crippen LogP contribution in [-0.2, 0) is 20.9 Å². The Morgan fingerprint density at radius 2 is 2.16 bits per heavy atom. The van der Waals surface area contributed by atoms with Crippen LogP contribution in [0.1, 0.15) is 18.9 Å². The average molecular weight is 262 g/mol. The second-order valence-electron chi connectivity index (χ2n) is 4.19. The maximum Gasteiger partial charge on any atom is 0.333 e. The van der Waals surface area contributed by atoms with Crippen LogP contribution in [0, 0.1) is 0 Å². The molecule has 3 N–H and O–H groups in total. The number of hydrogen-bond acceptors (Lipinski definition) is 4. The third kappa shape index (κ3) is 5.72. The molecule has 0 atom stereocenters. The van der Waals surface area contributed by atoms with E-state index in [0.29, 0.717) is 17.8 Å². The standard InChI is InChI=1S/C14H18N2O3/c1-10(2)14(18)19-7-6-13(17)16-9-11-4-3-5-12(15)8-11/h3-5,8H,1,6-7,9,15H2,2H3,(H,16,17). The summed E-state index contributed by atoms with van der Waals surface area (Å²) in [6.07, 6.45) is 0.126. The van der Waals surface area contributed by atoms with Crippen LogP contribution in [0.4, 0.5) is 5.69 Å². The van der Waals surface area contributed by atoms with Crippen LogP contribution in [-0.4, -0.2) is 18.5 Å². The molecule has 19 heavy (non-hydrogen) atoms. The van der Waals surface area contributed by atoms with E-state index in [1.807, 2.05) is 12.1 Å². The first-order valence-electron chi connectivity index (χ1n) is 5.93. The number of nitrogen functional groups attached to an aromatic ring is 1. The summed E-state index contributed by atoms with van der Waals surface area (Å²) in [4.78, 5) is 22.6. The Bertz CT molecular complexity index is 483. The number of benzene rings is 1. The molecule has 1 aromatic rings. The van der Waals surface area contributed by atoms with E-state index >= 15 is 0 Å². The maximum absolute atomic E-state index is 11.5. The van der Waals surface area contributed by atoms with Crippen molar-refractivity contribution < 1.29 is 14.3 Å². The minimum atomic E-state index is -0.483. The average Bonchev–Trinajstić information content (AvgIpc) is 2.36. The monoisotopic (exact) mass is 262 g/mol. The molecule has 0 fully saturated rings. The van der Waals surface area contributed by atoms with Gasteiger partial charge in [0.05, 0.1) is 6.42 Å². The summed E-state index contributed by atoms with van der Waals surface area (Å²) in [5.41, 5.74) is 7.53. The zero-order chi connectivity index (χ0) is 14.3. The van der Waals surface area contributed by atoms with Gasteiger partial charge >= 0.3 is 5.97 Å². The molecule has 1 amide bonds. The van der Waals surface area contributed by atoms with Gasteiger partial charge in [-0.05, 0) is 24.6 Å². The van der Waals surface area contributed by atoms with Crippen molar-refractivity contribution in [3.05, 3.63) is 42.0 Å². The lowest BCUT2D eigenvalue weighted by molar-refractivity contribution is -0.139. The van der Waals surface area contributed by atoms with Crippen LogP contribution >= 0.6 is 0 Å². The highest BCUT2D eigenvalue weighted by atomic mass is 16.5. The number of nitrogens with two attached hydrogens (primary N) is 1. The number of rotatable bonds is 6. The molecular formula is C14H18N2O3. The molecule has 0 aliphatic rings. The SMILES string of the molecule is C=C(C)C(=O)OCCC(=O)NCc1cccc(N)c1. The van der Waals surface area contributed by atoms with E-state index in [2.05, 4.69) is 11.9 Å². The molecule has 0 unspecified atom stereocenters. The lowest BCUT2D eigenvalue weighted by Crippen LogP contribution is -2.24.